The van der Waals surface area contributed by atoms with E-state index in [-0.39, 0.29) is 24.0 Å². The fourth-order valence-corrected chi connectivity index (χ4v) is 2.13. The Kier molecular flexibility index (Phi) is 12.2. The number of nitrogens with one attached hydrogen (secondary N) is 2. The number of nitrogens with zero attached hydrogens (tertiary/aromatic N) is 1. The third-order valence-electron chi connectivity index (χ3n) is 3.27. The second kappa shape index (κ2) is 12.9. The predicted octanol–water partition coefficient (Wildman–Crippen LogP) is 2.03. The van der Waals surface area contributed by atoms with Crippen molar-refractivity contribution < 1.29 is 18.9 Å². The Morgan fingerprint density at radius 3 is 2.25 bits per heavy atom. The Morgan fingerprint density at radius 1 is 1.00 bits per heavy atom. The summed E-state index contributed by atoms with van der Waals surface area (Å²) in [7, 11) is 8.22. The Bertz CT molecular complexity index is 512. The topological polar surface area (TPSA) is 73.3 Å². The maximum atomic E-state index is 5.47. The van der Waals surface area contributed by atoms with Crippen molar-refractivity contribution in [2.75, 3.05) is 48.6 Å². The summed E-state index contributed by atoms with van der Waals surface area (Å²) >= 11 is 0. The highest BCUT2D eigenvalue weighted by Gasteiger charge is 2.15. The Hall–Kier alpha value is -1.42. The van der Waals surface area contributed by atoms with Gasteiger partial charge in [-0.2, -0.15) is 0 Å². The summed E-state index contributed by atoms with van der Waals surface area (Å²) in [5.74, 6) is 2.58. The number of rotatable bonds is 9. The zero-order valence-corrected chi connectivity index (χ0v) is 17.3. The van der Waals surface area contributed by atoms with Gasteiger partial charge in [-0.1, -0.05) is 0 Å². The molecule has 8 heteroatoms. The van der Waals surface area contributed by atoms with E-state index in [1.807, 2.05) is 12.1 Å². The second-order valence-corrected chi connectivity index (χ2v) is 4.69. The van der Waals surface area contributed by atoms with Crippen LogP contribution in [0.3, 0.4) is 0 Å². The van der Waals surface area contributed by atoms with Crippen LogP contribution >= 0.6 is 24.0 Å². The van der Waals surface area contributed by atoms with Crippen LogP contribution in [0.5, 0.6) is 17.2 Å². The highest BCUT2D eigenvalue weighted by molar-refractivity contribution is 14.0. The lowest BCUT2D eigenvalue weighted by Gasteiger charge is -2.17. The van der Waals surface area contributed by atoms with Gasteiger partial charge in [-0.05, 0) is 18.6 Å². The Balaban J connectivity index is 0.00000529. The minimum atomic E-state index is 0. The first kappa shape index (κ1) is 22.6. The lowest BCUT2D eigenvalue weighted by molar-refractivity contribution is 0.195. The van der Waals surface area contributed by atoms with E-state index in [1.54, 1.807) is 35.5 Å². The molecule has 1 rings (SSSR count). The van der Waals surface area contributed by atoms with E-state index in [4.69, 9.17) is 18.9 Å². The van der Waals surface area contributed by atoms with Crippen LogP contribution < -0.4 is 24.8 Å². The van der Waals surface area contributed by atoms with Crippen molar-refractivity contribution in [2.45, 2.75) is 13.0 Å². The van der Waals surface area contributed by atoms with Crippen molar-refractivity contribution in [1.29, 1.82) is 0 Å². The molecule has 1 aromatic carbocycles. The number of benzene rings is 1. The van der Waals surface area contributed by atoms with Gasteiger partial charge in [0.1, 0.15) is 0 Å². The van der Waals surface area contributed by atoms with Crippen molar-refractivity contribution in [1.82, 2.24) is 10.6 Å². The average molecular weight is 453 g/mol. The van der Waals surface area contributed by atoms with Crippen LogP contribution in [0.2, 0.25) is 0 Å². The van der Waals surface area contributed by atoms with Gasteiger partial charge in [0.05, 0.1) is 21.3 Å². The highest BCUT2D eigenvalue weighted by atomic mass is 127. The molecule has 0 aliphatic carbocycles. The van der Waals surface area contributed by atoms with Crippen LogP contribution in [0.25, 0.3) is 0 Å². The number of halogens is 1. The van der Waals surface area contributed by atoms with Crippen molar-refractivity contribution in [3.05, 3.63) is 17.7 Å². The molecule has 138 valence electrons. The summed E-state index contributed by atoms with van der Waals surface area (Å²) < 4.78 is 21.2. The fourth-order valence-electron chi connectivity index (χ4n) is 2.13. The molecule has 7 nitrogen and oxygen atoms in total. The van der Waals surface area contributed by atoms with Gasteiger partial charge in [0.2, 0.25) is 5.75 Å². The van der Waals surface area contributed by atoms with E-state index in [0.29, 0.717) is 30.4 Å². The van der Waals surface area contributed by atoms with Crippen molar-refractivity contribution in [2.24, 2.45) is 4.99 Å². The molecule has 0 aromatic heterocycles. The molecule has 0 unspecified atom stereocenters. The van der Waals surface area contributed by atoms with Crippen LogP contribution in [0.1, 0.15) is 12.0 Å². The molecule has 0 saturated heterocycles. The Morgan fingerprint density at radius 2 is 1.71 bits per heavy atom. The molecule has 0 fully saturated rings. The molecular weight excluding hydrogens is 425 g/mol. The normalized spacial score (nSPS) is 10.6. The molecule has 0 spiro atoms. The summed E-state index contributed by atoms with van der Waals surface area (Å²) in [5, 5.41) is 6.47. The third-order valence-corrected chi connectivity index (χ3v) is 3.27. The van der Waals surface area contributed by atoms with Gasteiger partial charge >= 0.3 is 0 Å². The molecule has 1 aromatic rings. The van der Waals surface area contributed by atoms with E-state index >= 15 is 0 Å². The monoisotopic (exact) mass is 453 g/mol. The van der Waals surface area contributed by atoms with Crippen LogP contribution in [0, 0.1) is 0 Å². The maximum absolute atomic E-state index is 5.47. The quantitative estimate of drug-likeness (QED) is 0.258. The maximum Gasteiger partial charge on any atom is 0.203 e. The van der Waals surface area contributed by atoms with Gasteiger partial charge in [-0.15, -0.1) is 24.0 Å². The zero-order valence-electron chi connectivity index (χ0n) is 15.0. The first-order chi connectivity index (χ1) is 11.2. The number of hydrogen-bond acceptors (Lipinski definition) is 5. The molecule has 2 N–H and O–H groups in total. The lowest BCUT2D eigenvalue weighted by Crippen LogP contribution is -2.37. The number of hydrogen-bond donors (Lipinski definition) is 2. The number of methoxy groups -OCH3 is 4. The van der Waals surface area contributed by atoms with Gasteiger partial charge in [0.25, 0.3) is 0 Å². The Labute approximate surface area is 161 Å². The molecule has 0 aliphatic heterocycles. The lowest BCUT2D eigenvalue weighted by atomic mass is 10.1. The second-order valence-electron chi connectivity index (χ2n) is 4.69. The fraction of sp³-hybridized carbons (Fsp3) is 0.562. The molecule has 0 amide bonds. The minimum Gasteiger partial charge on any atom is -0.493 e. The number of aliphatic imine (C=N–C) groups is 1. The van der Waals surface area contributed by atoms with Crippen LogP contribution in [-0.4, -0.2) is 54.6 Å². The molecule has 0 heterocycles. The average Bonchev–Trinajstić information content (AvgIpc) is 2.60. The standard InChI is InChI=1S/C16H27N3O4.HI/c1-17-16(18-9-6-10-20-2)19-11-12-7-8-13(21-3)15(23-5)14(12)22-4;/h7-8H,6,9-11H2,1-5H3,(H2,17,18,19);1H. The molecule has 0 atom stereocenters. The van der Waals surface area contributed by atoms with Crippen LogP contribution in [-0.2, 0) is 11.3 Å². The molecule has 0 radical (unpaired) electrons. The highest BCUT2D eigenvalue weighted by Crippen LogP contribution is 2.39. The smallest absolute Gasteiger partial charge is 0.203 e. The molecule has 0 bridgehead atoms. The van der Waals surface area contributed by atoms with Crippen molar-refractivity contribution in [3.63, 3.8) is 0 Å². The first-order valence-electron chi connectivity index (χ1n) is 7.43. The van der Waals surface area contributed by atoms with Crippen LogP contribution in [0.4, 0.5) is 0 Å². The summed E-state index contributed by atoms with van der Waals surface area (Å²) in [6.45, 7) is 2.05. The first-order valence-corrected chi connectivity index (χ1v) is 7.43. The molecular formula is C16H28IN3O4. The van der Waals surface area contributed by atoms with Gasteiger partial charge in [-0.3, -0.25) is 4.99 Å². The van der Waals surface area contributed by atoms with E-state index in [9.17, 15) is 0 Å². The van der Waals surface area contributed by atoms with Crippen molar-refractivity contribution in [3.8, 4) is 17.2 Å². The SMILES string of the molecule is CN=C(NCCCOC)NCc1ccc(OC)c(OC)c1OC.I. The molecule has 0 aliphatic rings. The zero-order chi connectivity index (χ0) is 17.1. The third kappa shape index (κ3) is 6.60. The summed E-state index contributed by atoms with van der Waals surface area (Å²) in [4.78, 5) is 4.19. The van der Waals surface area contributed by atoms with E-state index in [2.05, 4.69) is 15.6 Å². The largest absolute Gasteiger partial charge is 0.493 e. The van der Waals surface area contributed by atoms with E-state index in [0.717, 1.165) is 24.5 Å². The summed E-state index contributed by atoms with van der Waals surface area (Å²) in [6.07, 6.45) is 0.914. The van der Waals surface area contributed by atoms with Gasteiger partial charge in [0.15, 0.2) is 17.5 Å². The summed E-state index contributed by atoms with van der Waals surface area (Å²) in [6, 6.07) is 3.79. The van der Waals surface area contributed by atoms with Gasteiger partial charge in [0, 0.05) is 39.4 Å². The van der Waals surface area contributed by atoms with Gasteiger partial charge < -0.3 is 29.6 Å². The summed E-state index contributed by atoms with van der Waals surface area (Å²) in [5.41, 5.74) is 0.949. The molecule has 24 heavy (non-hydrogen) atoms. The van der Waals surface area contributed by atoms with Crippen molar-refractivity contribution >= 4 is 29.9 Å². The van der Waals surface area contributed by atoms with Gasteiger partial charge in [-0.25, -0.2) is 0 Å². The van der Waals surface area contributed by atoms with E-state index in [1.165, 1.54) is 0 Å². The van der Waals surface area contributed by atoms with E-state index < -0.39 is 0 Å². The predicted molar refractivity (Wildman–Crippen MR) is 106 cm³/mol. The van der Waals surface area contributed by atoms with Crippen LogP contribution in [0.15, 0.2) is 17.1 Å². The number of ether oxygens (including phenoxy) is 4. The molecule has 0 saturated carbocycles. The minimum absolute atomic E-state index is 0. The number of guanidine groups is 1.